The average molecular weight is 228 g/mol. The summed E-state index contributed by atoms with van der Waals surface area (Å²) in [5, 5.41) is 3.11. The average Bonchev–Trinajstić information content (AvgIpc) is 2.96. The van der Waals surface area contributed by atoms with Gasteiger partial charge in [0.15, 0.2) is 0 Å². The summed E-state index contributed by atoms with van der Waals surface area (Å²) < 4.78 is 0. The van der Waals surface area contributed by atoms with E-state index >= 15 is 0 Å². The molecule has 3 nitrogen and oxygen atoms in total. The number of hydrogen-bond donors (Lipinski definition) is 2. The van der Waals surface area contributed by atoms with Crippen molar-refractivity contribution in [2.75, 3.05) is 11.5 Å². The predicted molar refractivity (Wildman–Crippen MR) is 63.9 cm³/mol. The number of hydrogen-bond acceptors (Lipinski definition) is 3. The lowest BCUT2D eigenvalue weighted by atomic mass is 10.1. The minimum absolute atomic E-state index is 0.0136. The van der Waals surface area contributed by atoms with Crippen molar-refractivity contribution in [1.82, 2.24) is 5.32 Å². The van der Waals surface area contributed by atoms with Gasteiger partial charge in [-0.2, -0.15) is 11.8 Å². The van der Waals surface area contributed by atoms with Crippen molar-refractivity contribution in [2.24, 2.45) is 5.73 Å². The first-order valence-electron chi connectivity index (χ1n) is 5.84. The van der Waals surface area contributed by atoms with Crippen molar-refractivity contribution in [3.63, 3.8) is 0 Å². The van der Waals surface area contributed by atoms with Gasteiger partial charge in [-0.25, -0.2) is 0 Å². The fourth-order valence-electron chi connectivity index (χ4n) is 1.91. The molecule has 15 heavy (non-hydrogen) atoms. The van der Waals surface area contributed by atoms with Crippen LogP contribution >= 0.6 is 11.8 Å². The highest BCUT2D eigenvalue weighted by Gasteiger charge is 2.37. The fraction of sp³-hybridized carbons (Fsp3) is 0.909. The molecule has 2 fully saturated rings. The minimum Gasteiger partial charge on any atom is -0.353 e. The molecule has 2 aliphatic rings. The molecular formula is C11H20N2OS. The molecule has 4 heteroatoms. The second-order valence-electron chi connectivity index (χ2n) is 4.82. The molecule has 1 heterocycles. The number of carbonyl (C=O) groups is 1. The summed E-state index contributed by atoms with van der Waals surface area (Å²) in [6.07, 6.45) is 5.93. The molecule has 0 spiro atoms. The molecule has 0 bridgehead atoms. The summed E-state index contributed by atoms with van der Waals surface area (Å²) in [7, 11) is 0. The zero-order chi connectivity index (χ0) is 10.7. The molecule has 0 aromatic rings. The first-order valence-corrected chi connectivity index (χ1v) is 6.99. The topological polar surface area (TPSA) is 55.1 Å². The Labute approximate surface area is 95.6 Å². The Morgan fingerprint density at radius 3 is 2.67 bits per heavy atom. The van der Waals surface area contributed by atoms with Crippen molar-refractivity contribution in [3.8, 4) is 0 Å². The molecule has 0 aromatic carbocycles. The molecule has 0 atom stereocenters. The first kappa shape index (κ1) is 11.3. The van der Waals surface area contributed by atoms with E-state index in [1.165, 1.54) is 11.5 Å². The molecule has 0 radical (unpaired) electrons. The lowest BCUT2D eigenvalue weighted by molar-refractivity contribution is -0.122. The maximum atomic E-state index is 11.6. The third kappa shape index (κ3) is 3.68. The molecule has 0 unspecified atom stereocenters. The highest BCUT2D eigenvalue weighted by molar-refractivity contribution is 7.99. The second kappa shape index (κ2) is 4.74. The van der Waals surface area contributed by atoms with Crippen molar-refractivity contribution in [3.05, 3.63) is 0 Å². The van der Waals surface area contributed by atoms with Crippen molar-refractivity contribution < 1.29 is 4.79 Å². The first-order chi connectivity index (χ1) is 7.18. The van der Waals surface area contributed by atoms with Crippen LogP contribution in [0.2, 0.25) is 0 Å². The highest BCUT2D eigenvalue weighted by Crippen LogP contribution is 2.36. The molecule has 3 N–H and O–H groups in total. The van der Waals surface area contributed by atoms with Gasteiger partial charge in [0.2, 0.25) is 5.91 Å². The molecule has 1 aliphatic carbocycles. The Hall–Kier alpha value is -0.220. The summed E-state index contributed by atoms with van der Waals surface area (Å²) in [6, 6.07) is 0.423. The summed E-state index contributed by atoms with van der Waals surface area (Å²) in [6.45, 7) is 0. The van der Waals surface area contributed by atoms with Gasteiger partial charge in [-0.15, -0.1) is 0 Å². The minimum atomic E-state index is 0.0136. The lowest BCUT2D eigenvalue weighted by Crippen LogP contribution is -2.38. The highest BCUT2D eigenvalue weighted by atomic mass is 32.2. The Balaban J connectivity index is 1.62. The standard InChI is InChI=1S/C11H20N2OS/c12-11(5-6-11)4-1-10(14)13-9-2-7-15-8-3-9/h9H,1-8,12H2,(H,13,14). The fourth-order valence-corrected chi connectivity index (χ4v) is 3.02. The van der Waals surface area contributed by atoms with Crippen LogP contribution in [-0.2, 0) is 4.79 Å². The third-order valence-electron chi connectivity index (χ3n) is 3.33. The maximum Gasteiger partial charge on any atom is 0.220 e. The van der Waals surface area contributed by atoms with Crippen LogP contribution in [0.1, 0.15) is 38.5 Å². The number of nitrogens with two attached hydrogens (primary N) is 1. The molecule has 1 aliphatic heterocycles. The Kier molecular flexibility index (Phi) is 3.57. The molecule has 1 amide bonds. The number of amides is 1. The van der Waals surface area contributed by atoms with Gasteiger partial charge in [-0.05, 0) is 43.6 Å². The molecule has 0 aromatic heterocycles. The Morgan fingerprint density at radius 2 is 2.07 bits per heavy atom. The van der Waals surface area contributed by atoms with Crippen LogP contribution in [0.15, 0.2) is 0 Å². The van der Waals surface area contributed by atoms with Gasteiger partial charge < -0.3 is 11.1 Å². The van der Waals surface area contributed by atoms with Crippen molar-refractivity contribution >= 4 is 17.7 Å². The summed E-state index contributed by atoms with van der Waals surface area (Å²) in [4.78, 5) is 11.6. The van der Waals surface area contributed by atoms with Crippen LogP contribution in [0.25, 0.3) is 0 Å². The number of thioether (sulfide) groups is 1. The Bertz CT molecular complexity index is 235. The van der Waals surface area contributed by atoms with Gasteiger partial charge in [0.25, 0.3) is 0 Å². The van der Waals surface area contributed by atoms with Gasteiger partial charge in [0.05, 0.1) is 0 Å². The van der Waals surface area contributed by atoms with E-state index in [1.807, 2.05) is 11.8 Å². The van der Waals surface area contributed by atoms with Crippen LogP contribution in [0.3, 0.4) is 0 Å². The van der Waals surface area contributed by atoms with Crippen LogP contribution in [0.5, 0.6) is 0 Å². The van der Waals surface area contributed by atoms with E-state index in [2.05, 4.69) is 5.32 Å². The van der Waals surface area contributed by atoms with Crippen molar-refractivity contribution in [1.29, 1.82) is 0 Å². The largest absolute Gasteiger partial charge is 0.353 e. The summed E-state index contributed by atoms with van der Waals surface area (Å²) in [5.41, 5.74) is 5.96. The molecule has 1 saturated carbocycles. The van der Waals surface area contributed by atoms with Crippen LogP contribution < -0.4 is 11.1 Å². The summed E-state index contributed by atoms with van der Waals surface area (Å²) >= 11 is 1.98. The van der Waals surface area contributed by atoms with Gasteiger partial charge in [0, 0.05) is 18.0 Å². The summed E-state index contributed by atoms with van der Waals surface area (Å²) in [5.74, 6) is 2.57. The predicted octanol–water partition coefficient (Wildman–Crippen LogP) is 1.27. The van der Waals surface area contributed by atoms with Gasteiger partial charge in [-0.1, -0.05) is 0 Å². The third-order valence-corrected chi connectivity index (χ3v) is 4.38. The number of rotatable bonds is 4. The monoisotopic (exact) mass is 228 g/mol. The zero-order valence-electron chi connectivity index (χ0n) is 9.13. The zero-order valence-corrected chi connectivity index (χ0v) is 9.94. The van der Waals surface area contributed by atoms with E-state index < -0.39 is 0 Å². The van der Waals surface area contributed by atoms with Crippen LogP contribution in [-0.4, -0.2) is 29.0 Å². The quantitative estimate of drug-likeness (QED) is 0.762. The van der Waals surface area contributed by atoms with Crippen LogP contribution in [0.4, 0.5) is 0 Å². The van der Waals surface area contributed by atoms with Gasteiger partial charge in [-0.3, -0.25) is 4.79 Å². The van der Waals surface area contributed by atoms with Gasteiger partial charge in [0.1, 0.15) is 0 Å². The molecular weight excluding hydrogens is 208 g/mol. The van der Waals surface area contributed by atoms with E-state index in [4.69, 9.17) is 5.73 Å². The Morgan fingerprint density at radius 1 is 1.40 bits per heavy atom. The van der Waals surface area contributed by atoms with E-state index in [9.17, 15) is 4.79 Å². The van der Waals surface area contributed by atoms with E-state index in [-0.39, 0.29) is 11.4 Å². The second-order valence-corrected chi connectivity index (χ2v) is 6.04. The van der Waals surface area contributed by atoms with E-state index in [1.54, 1.807) is 0 Å². The van der Waals surface area contributed by atoms with E-state index in [0.717, 1.165) is 32.1 Å². The molecule has 1 saturated heterocycles. The van der Waals surface area contributed by atoms with Crippen molar-refractivity contribution in [2.45, 2.75) is 50.1 Å². The normalized spacial score (nSPS) is 24.9. The number of nitrogens with one attached hydrogen (secondary N) is 1. The van der Waals surface area contributed by atoms with Gasteiger partial charge >= 0.3 is 0 Å². The van der Waals surface area contributed by atoms with E-state index in [0.29, 0.717) is 12.5 Å². The lowest BCUT2D eigenvalue weighted by Gasteiger charge is -2.22. The molecule has 2 rings (SSSR count). The maximum absolute atomic E-state index is 11.6. The molecule has 86 valence electrons. The number of carbonyl (C=O) groups excluding carboxylic acids is 1. The van der Waals surface area contributed by atoms with Crippen LogP contribution in [0, 0.1) is 0 Å². The smallest absolute Gasteiger partial charge is 0.220 e. The SMILES string of the molecule is NC1(CCC(=O)NC2CCSCC2)CC1.